The van der Waals surface area contributed by atoms with Crippen LogP contribution in [-0.4, -0.2) is 36.5 Å². The zero-order chi connectivity index (χ0) is 24.3. The van der Waals surface area contributed by atoms with Gasteiger partial charge in [0, 0.05) is 0 Å². The van der Waals surface area contributed by atoms with E-state index in [0.29, 0.717) is 19.3 Å². The van der Waals surface area contributed by atoms with E-state index in [2.05, 4.69) is 4.74 Å². The van der Waals surface area contributed by atoms with Crippen molar-refractivity contribution >= 4 is 11.9 Å². The molecule has 0 rings (SSSR count). The lowest BCUT2D eigenvalue weighted by atomic mass is 9.58. The van der Waals surface area contributed by atoms with Crippen molar-refractivity contribution in [3.05, 3.63) is 0 Å². The molecule has 0 saturated carbocycles. The molecule has 10 heteroatoms. The molecule has 0 aromatic heterocycles. The molecule has 0 saturated heterocycles. The summed E-state index contributed by atoms with van der Waals surface area (Å²) in [5.74, 6) is -2.80. The predicted octanol–water partition coefficient (Wildman–Crippen LogP) is 6.22. The van der Waals surface area contributed by atoms with Crippen LogP contribution < -0.4 is 0 Å². The number of ether oxygens (including phenoxy) is 2. The molecule has 0 N–H and O–H groups in total. The highest BCUT2D eigenvalue weighted by atomic mass is 19.4. The zero-order valence-corrected chi connectivity index (χ0v) is 18.7. The first-order chi connectivity index (χ1) is 13.1. The van der Waals surface area contributed by atoms with E-state index < -0.39 is 47.3 Å². The van der Waals surface area contributed by atoms with Gasteiger partial charge in [0.05, 0.1) is 5.41 Å². The van der Waals surface area contributed by atoms with Crippen LogP contribution in [0.4, 0.5) is 26.3 Å². The molecule has 178 valence electrons. The molecule has 0 radical (unpaired) electrons. The number of carbonyl (C=O) groups excluding carboxylic acids is 2. The zero-order valence-electron chi connectivity index (χ0n) is 18.7. The quantitative estimate of drug-likeness (QED) is 0.309. The third kappa shape index (κ3) is 7.04. The van der Waals surface area contributed by atoms with Crippen molar-refractivity contribution in [1.29, 1.82) is 0 Å². The summed E-state index contributed by atoms with van der Waals surface area (Å²) in [6, 6.07) is 0. The second kappa shape index (κ2) is 9.34. The van der Waals surface area contributed by atoms with Crippen molar-refractivity contribution in [2.75, 3.05) is 0 Å². The number of esters is 2. The van der Waals surface area contributed by atoms with Crippen molar-refractivity contribution in [2.45, 2.75) is 99.2 Å². The van der Waals surface area contributed by atoms with Crippen molar-refractivity contribution in [3.63, 3.8) is 0 Å². The smallest absolute Gasteiger partial charge is 0.434 e. The van der Waals surface area contributed by atoms with Crippen LogP contribution in [0, 0.1) is 16.2 Å². The van der Waals surface area contributed by atoms with E-state index in [0.717, 1.165) is 6.92 Å². The largest absolute Gasteiger partial charge is 0.450 e. The normalized spacial score (nSPS) is 16.8. The van der Waals surface area contributed by atoms with Gasteiger partial charge in [-0.1, -0.05) is 48.0 Å². The SMILES string of the molecule is CCC(C)(C)CC(C)(C(=O)OC(C)C(=O)OC(C(F)(F)F)C(F)(F)F)C(C)(C)CC. The first-order valence-electron chi connectivity index (χ1n) is 9.69. The fourth-order valence-electron chi connectivity index (χ4n) is 2.93. The van der Waals surface area contributed by atoms with E-state index in [1.54, 1.807) is 6.92 Å². The van der Waals surface area contributed by atoms with Gasteiger partial charge in [0.2, 0.25) is 0 Å². The average Bonchev–Trinajstić information content (AvgIpc) is 2.56. The highest BCUT2D eigenvalue weighted by molar-refractivity contribution is 5.82. The topological polar surface area (TPSA) is 52.6 Å². The van der Waals surface area contributed by atoms with Gasteiger partial charge in [-0.3, -0.25) is 4.79 Å². The third-order valence-electron chi connectivity index (χ3n) is 6.06. The Labute approximate surface area is 173 Å². The first-order valence-corrected chi connectivity index (χ1v) is 9.69. The Kier molecular flexibility index (Phi) is 8.88. The lowest BCUT2D eigenvalue weighted by Crippen LogP contribution is -2.49. The predicted molar refractivity (Wildman–Crippen MR) is 98.4 cm³/mol. The van der Waals surface area contributed by atoms with Gasteiger partial charge in [0.15, 0.2) is 6.10 Å². The van der Waals surface area contributed by atoms with Crippen molar-refractivity contribution in [3.8, 4) is 0 Å². The number of hydrogen-bond acceptors (Lipinski definition) is 4. The number of alkyl halides is 6. The van der Waals surface area contributed by atoms with E-state index in [1.165, 1.54) is 0 Å². The van der Waals surface area contributed by atoms with Crippen LogP contribution in [0.2, 0.25) is 0 Å². The number of halogens is 6. The molecular formula is C20H32F6O4. The first kappa shape index (κ1) is 28.5. The Morgan fingerprint density at radius 3 is 1.57 bits per heavy atom. The number of hydrogen-bond donors (Lipinski definition) is 0. The Hall–Kier alpha value is -1.48. The van der Waals surface area contributed by atoms with Crippen molar-refractivity contribution in [2.24, 2.45) is 16.2 Å². The van der Waals surface area contributed by atoms with Gasteiger partial charge in [-0.15, -0.1) is 0 Å². The van der Waals surface area contributed by atoms with Crippen LogP contribution in [0.3, 0.4) is 0 Å². The van der Waals surface area contributed by atoms with Gasteiger partial charge in [-0.05, 0) is 37.5 Å². The summed E-state index contributed by atoms with van der Waals surface area (Å²) >= 11 is 0. The van der Waals surface area contributed by atoms with E-state index >= 15 is 0 Å². The second-order valence-corrected chi connectivity index (χ2v) is 9.21. The fraction of sp³-hybridized carbons (Fsp3) is 0.900. The van der Waals surface area contributed by atoms with Crippen LogP contribution in [-0.2, 0) is 19.1 Å². The van der Waals surface area contributed by atoms with Crippen LogP contribution in [0.25, 0.3) is 0 Å². The molecule has 0 aliphatic rings. The van der Waals surface area contributed by atoms with Crippen LogP contribution >= 0.6 is 0 Å². The molecule has 0 heterocycles. The van der Waals surface area contributed by atoms with Crippen LogP contribution in [0.15, 0.2) is 0 Å². The van der Waals surface area contributed by atoms with Gasteiger partial charge < -0.3 is 9.47 Å². The summed E-state index contributed by atoms with van der Waals surface area (Å²) in [5, 5.41) is 0. The number of rotatable bonds is 9. The van der Waals surface area contributed by atoms with Gasteiger partial charge in [-0.2, -0.15) is 26.3 Å². The Morgan fingerprint density at radius 2 is 1.23 bits per heavy atom. The average molecular weight is 450 g/mol. The maximum atomic E-state index is 13.0. The minimum atomic E-state index is -5.85. The molecule has 0 aromatic rings. The summed E-state index contributed by atoms with van der Waals surface area (Å²) in [6.45, 7) is 13.8. The molecule has 0 aromatic carbocycles. The van der Waals surface area contributed by atoms with Crippen molar-refractivity contribution in [1.82, 2.24) is 0 Å². The lowest BCUT2D eigenvalue weighted by molar-refractivity contribution is -0.314. The van der Waals surface area contributed by atoms with E-state index in [9.17, 15) is 35.9 Å². The van der Waals surface area contributed by atoms with Gasteiger partial charge >= 0.3 is 24.3 Å². The Balaban J connectivity index is 5.67. The lowest BCUT2D eigenvalue weighted by Gasteiger charge is -2.46. The molecule has 0 amide bonds. The molecule has 0 aliphatic carbocycles. The summed E-state index contributed by atoms with van der Waals surface area (Å²) in [5.41, 5.74) is -2.08. The van der Waals surface area contributed by atoms with Crippen molar-refractivity contribution < 1.29 is 45.4 Å². The molecule has 0 spiro atoms. The van der Waals surface area contributed by atoms with E-state index in [1.807, 2.05) is 41.5 Å². The minimum absolute atomic E-state index is 0.304. The second-order valence-electron chi connectivity index (χ2n) is 9.21. The maximum absolute atomic E-state index is 13.0. The fourth-order valence-corrected chi connectivity index (χ4v) is 2.93. The highest BCUT2D eigenvalue weighted by Crippen LogP contribution is 2.50. The van der Waals surface area contributed by atoms with E-state index in [-0.39, 0.29) is 5.41 Å². The third-order valence-corrected chi connectivity index (χ3v) is 6.06. The Morgan fingerprint density at radius 1 is 0.800 bits per heavy atom. The summed E-state index contributed by atoms with van der Waals surface area (Å²) in [6.07, 6.45) is -16.3. The van der Waals surface area contributed by atoms with Gasteiger partial charge in [0.1, 0.15) is 0 Å². The minimum Gasteiger partial charge on any atom is -0.450 e. The molecule has 0 aliphatic heterocycles. The van der Waals surface area contributed by atoms with Crippen LogP contribution in [0.1, 0.15) is 74.7 Å². The Bertz CT molecular complexity index is 595. The monoisotopic (exact) mass is 450 g/mol. The van der Waals surface area contributed by atoms with E-state index in [4.69, 9.17) is 4.74 Å². The van der Waals surface area contributed by atoms with Gasteiger partial charge in [0.25, 0.3) is 6.10 Å². The molecule has 2 atom stereocenters. The van der Waals surface area contributed by atoms with Crippen LogP contribution in [0.5, 0.6) is 0 Å². The van der Waals surface area contributed by atoms with Gasteiger partial charge in [-0.25, -0.2) is 4.79 Å². The highest BCUT2D eigenvalue weighted by Gasteiger charge is 2.60. The molecule has 2 unspecified atom stereocenters. The standard InChI is InChI=1S/C20H32F6O4/c1-9-16(4,5)11-18(8,17(6,7)10-2)15(28)29-12(3)13(27)30-14(19(21,22)23)20(24,25)26/h12,14H,9-11H2,1-8H3. The molecule has 4 nitrogen and oxygen atoms in total. The molecule has 30 heavy (non-hydrogen) atoms. The maximum Gasteiger partial charge on any atom is 0.434 e. The molecule has 0 fully saturated rings. The molecular weight excluding hydrogens is 418 g/mol. The summed E-state index contributed by atoms with van der Waals surface area (Å²) in [4.78, 5) is 24.9. The number of carbonyl (C=O) groups is 2. The summed E-state index contributed by atoms with van der Waals surface area (Å²) in [7, 11) is 0. The molecule has 0 bridgehead atoms. The summed E-state index contributed by atoms with van der Waals surface area (Å²) < 4.78 is 84.3.